The fraction of sp³-hybridized carbons (Fsp3) is 0.231. The first kappa shape index (κ1) is 15.2. The SMILES string of the molecule is CCC(NC(=O)c1cccc([N+](=O)[O-])c1Br)c1ncc[nH]1. The van der Waals surface area contributed by atoms with Crippen molar-refractivity contribution in [1.29, 1.82) is 0 Å². The van der Waals surface area contributed by atoms with Gasteiger partial charge in [-0.2, -0.15) is 0 Å². The summed E-state index contributed by atoms with van der Waals surface area (Å²) in [6, 6.07) is 4.07. The number of rotatable bonds is 5. The summed E-state index contributed by atoms with van der Waals surface area (Å²) in [7, 11) is 0. The van der Waals surface area contributed by atoms with E-state index in [1.165, 1.54) is 18.2 Å². The van der Waals surface area contributed by atoms with Crippen molar-refractivity contribution in [3.63, 3.8) is 0 Å². The Bertz CT molecular complexity index is 657. The molecule has 110 valence electrons. The maximum absolute atomic E-state index is 12.3. The number of aromatic nitrogens is 2. The van der Waals surface area contributed by atoms with Gasteiger partial charge in [0.15, 0.2) is 0 Å². The highest BCUT2D eigenvalue weighted by Gasteiger charge is 2.22. The summed E-state index contributed by atoms with van der Waals surface area (Å²) in [5.41, 5.74) is 0.0721. The standard InChI is InChI=1S/C13H13BrN4O3/c1-2-9(12-15-6-7-16-12)17-13(19)8-4-3-5-10(11(8)14)18(20)21/h3-7,9H,2H2,1H3,(H,15,16)(H,17,19). The van der Waals surface area contributed by atoms with Crippen molar-refractivity contribution >= 4 is 27.5 Å². The average molecular weight is 353 g/mol. The molecular weight excluding hydrogens is 340 g/mol. The molecule has 1 heterocycles. The van der Waals surface area contributed by atoms with Gasteiger partial charge >= 0.3 is 0 Å². The summed E-state index contributed by atoms with van der Waals surface area (Å²) >= 11 is 3.12. The minimum atomic E-state index is -0.537. The number of carbonyl (C=O) groups is 1. The monoisotopic (exact) mass is 352 g/mol. The zero-order chi connectivity index (χ0) is 15.4. The molecule has 1 aromatic heterocycles. The normalized spacial score (nSPS) is 11.9. The van der Waals surface area contributed by atoms with E-state index in [4.69, 9.17) is 0 Å². The molecule has 0 fully saturated rings. The van der Waals surface area contributed by atoms with Gasteiger partial charge in [-0.15, -0.1) is 0 Å². The van der Waals surface area contributed by atoms with E-state index in [1.54, 1.807) is 12.4 Å². The number of aromatic amines is 1. The number of H-pyrrole nitrogens is 1. The largest absolute Gasteiger partial charge is 0.347 e. The first-order valence-corrected chi connectivity index (χ1v) is 7.07. The Morgan fingerprint density at radius 1 is 1.57 bits per heavy atom. The lowest BCUT2D eigenvalue weighted by molar-refractivity contribution is -0.385. The number of imidazole rings is 1. The van der Waals surface area contributed by atoms with Gasteiger partial charge in [0, 0.05) is 18.5 Å². The lowest BCUT2D eigenvalue weighted by atomic mass is 10.1. The molecule has 1 amide bonds. The van der Waals surface area contributed by atoms with Crippen LogP contribution in [0.2, 0.25) is 0 Å². The number of hydrogen-bond acceptors (Lipinski definition) is 4. The van der Waals surface area contributed by atoms with Crippen molar-refractivity contribution in [2.45, 2.75) is 19.4 Å². The van der Waals surface area contributed by atoms with Crippen LogP contribution in [0.25, 0.3) is 0 Å². The number of hydrogen-bond donors (Lipinski definition) is 2. The zero-order valence-corrected chi connectivity index (χ0v) is 12.8. The van der Waals surface area contributed by atoms with Crippen LogP contribution in [0.1, 0.15) is 35.6 Å². The van der Waals surface area contributed by atoms with Crippen LogP contribution >= 0.6 is 15.9 Å². The topological polar surface area (TPSA) is 101 Å². The Hall–Kier alpha value is -2.22. The highest BCUT2D eigenvalue weighted by Crippen LogP contribution is 2.28. The van der Waals surface area contributed by atoms with Gasteiger partial charge in [0.25, 0.3) is 11.6 Å². The van der Waals surface area contributed by atoms with E-state index in [-0.39, 0.29) is 21.8 Å². The third-order valence-corrected chi connectivity index (χ3v) is 3.82. The van der Waals surface area contributed by atoms with E-state index < -0.39 is 10.8 Å². The molecule has 0 aliphatic heterocycles. The van der Waals surface area contributed by atoms with E-state index in [0.717, 1.165) is 0 Å². The summed E-state index contributed by atoms with van der Waals surface area (Å²) < 4.78 is 0.168. The second-order valence-electron chi connectivity index (χ2n) is 4.30. The number of benzene rings is 1. The quantitative estimate of drug-likeness (QED) is 0.637. The molecule has 7 nitrogen and oxygen atoms in total. The molecule has 0 bridgehead atoms. The number of amides is 1. The van der Waals surface area contributed by atoms with Crippen LogP contribution in [-0.4, -0.2) is 20.8 Å². The molecule has 1 aromatic carbocycles. The maximum Gasteiger partial charge on any atom is 0.284 e. The number of nitrogens with zero attached hydrogens (tertiary/aromatic N) is 2. The second kappa shape index (κ2) is 6.49. The van der Waals surface area contributed by atoms with Gasteiger partial charge in [-0.05, 0) is 28.4 Å². The highest BCUT2D eigenvalue weighted by molar-refractivity contribution is 9.10. The first-order valence-electron chi connectivity index (χ1n) is 6.27. The first-order chi connectivity index (χ1) is 10.0. The van der Waals surface area contributed by atoms with Gasteiger partial charge in [0.1, 0.15) is 10.3 Å². The minimum Gasteiger partial charge on any atom is -0.347 e. The molecular formula is C13H13BrN4O3. The van der Waals surface area contributed by atoms with E-state index in [9.17, 15) is 14.9 Å². The molecule has 21 heavy (non-hydrogen) atoms. The summed E-state index contributed by atoms with van der Waals surface area (Å²) in [6.07, 6.45) is 3.92. The van der Waals surface area contributed by atoms with E-state index >= 15 is 0 Å². The Balaban J connectivity index is 2.24. The second-order valence-corrected chi connectivity index (χ2v) is 5.10. The van der Waals surface area contributed by atoms with Gasteiger partial charge in [-0.25, -0.2) is 4.98 Å². The predicted molar refractivity (Wildman–Crippen MR) is 79.9 cm³/mol. The lowest BCUT2D eigenvalue weighted by Gasteiger charge is -2.15. The number of carbonyl (C=O) groups excluding carboxylic acids is 1. The van der Waals surface area contributed by atoms with E-state index in [1.807, 2.05) is 6.92 Å². The summed E-state index contributed by atoms with van der Waals surface area (Å²) in [5.74, 6) is 0.251. The number of nitro groups is 1. The third-order valence-electron chi connectivity index (χ3n) is 2.98. The highest BCUT2D eigenvalue weighted by atomic mass is 79.9. The van der Waals surface area contributed by atoms with Gasteiger partial charge in [0.05, 0.1) is 16.5 Å². The molecule has 0 saturated carbocycles. The van der Waals surface area contributed by atoms with Crippen molar-refractivity contribution in [1.82, 2.24) is 15.3 Å². The molecule has 2 rings (SSSR count). The van der Waals surface area contributed by atoms with Crippen molar-refractivity contribution in [2.75, 3.05) is 0 Å². The van der Waals surface area contributed by atoms with Crippen LogP contribution in [0, 0.1) is 10.1 Å². The fourth-order valence-electron chi connectivity index (χ4n) is 1.90. The number of nitrogens with one attached hydrogen (secondary N) is 2. The molecule has 2 N–H and O–H groups in total. The van der Waals surface area contributed by atoms with Crippen LogP contribution in [0.4, 0.5) is 5.69 Å². The Morgan fingerprint density at radius 2 is 2.33 bits per heavy atom. The molecule has 2 aromatic rings. The third kappa shape index (κ3) is 3.27. The molecule has 1 unspecified atom stereocenters. The van der Waals surface area contributed by atoms with Crippen LogP contribution in [0.15, 0.2) is 35.1 Å². The fourth-order valence-corrected chi connectivity index (χ4v) is 2.49. The summed E-state index contributed by atoms with van der Waals surface area (Å²) in [6.45, 7) is 1.91. The number of nitro benzene ring substituents is 1. The van der Waals surface area contributed by atoms with Crippen molar-refractivity contribution in [3.8, 4) is 0 Å². The summed E-state index contributed by atoms with van der Waals surface area (Å²) in [4.78, 5) is 29.7. The molecule has 8 heteroatoms. The maximum atomic E-state index is 12.3. The molecule has 0 spiro atoms. The molecule has 0 saturated heterocycles. The Labute approximate surface area is 129 Å². The molecule has 0 aliphatic carbocycles. The van der Waals surface area contributed by atoms with Gasteiger partial charge in [0.2, 0.25) is 0 Å². The number of halogens is 1. The van der Waals surface area contributed by atoms with Gasteiger partial charge in [-0.1, -0.05) is 13.0 Å². The Morgan fingerprint density at radius 3 is 2.90 bits per heavy atom. The molecule has 0 aliphatic rings. The van der Waals surface area contributed by atoms with Crippen LogP contribution in [0.5, 0.6) is 0 Å². The van der Waals surface area contributed by atoms with Crippen LogP contribution in [0.3, 0.4) is 0 Å². The van der Waals surface area contributed by atoms with E-state index in [2.05, 4.69) is 31.2 Å². The van der Waals surface area contributed by atoms with E-state index in [0.29, 0.717) is 12.2 Å². The lowest BCUT2D eigenvalue weighted by Crippen LogP contribution is -2.29. The van der Waals surface area contributed by atoms with Crippen LogP contribution < -0.4 is 5.32 Å². The minimum absolute atomic E-state index is 0.145. The molecule has 0 radical (unpaired) electrons. The molecule has 1 atom stereocenters. The Kier molecular flexibility index (Phi) is 4.69. The predicted octanol–water partition coefficient (Wildman–Crippen LogP) is 2.96. The zero-order valence-electron chi connectivity index (χ0n) is 11.2. The smallest absolute Gasteiger partial charge is 0.284 e. The average Bonchev–Trinajstić information content (AvgIpc) is 2.98. The van der Waals surface area contributed by atoms with Crippen molar-refractivity contribution in [2.24, 2.45) is 0 Å². The van der Waals surface area contributed by atoms with Crippen molar-refractivity contribution in [3.05, 3.63) is 56.6 Å². The summed E-state index contributed by atoms with van der Waals surface area (Å²) in [5, 5.41) is 13.7. The van der Waals surface area contributed by atoms with Crippen LogP contribution in [-0.2, 0) is 0 Å². The van der Waals surface area contributed by atoms with Gasteiger partial charge < -0.3 is 10.3 Å². The van der Waals surface area contributed by atoms with Gasteiger partial charge in [-0.3, -0.25) is 14.9 Å². The van der Waals surface area contributed by atoms with Crippen molar-refractivity contribution < 1.29 is 9.72 Å².